The van der Waals surface area contributed by atoms with Crippen LogP contribution in [0, 0.1) is 11.3 Å². The quantitative estimate of drug-likeness (QED) is 0.802. The normalized spacial score (nSPS) is 16.7. The Balaban J connectivity index is 2.63. The lowest BCUT2D eigenvalue weighted by atomic mass is 10.1. The molecular formula is C13H19N5. The van der Waals surface area contributed by atoms with Crippen LogP contribution in [0.25, 0.3) is 0 Å². The van der Waals surface area contributed by atoms with Gasteiger partial charge >= 0.3 is 0 Å². The van der Waals surface area contributed by atoms with Crippen molar-refractivity contribution >= 4 is 11.6 Å². The third-order valence-corrected chi connectivity index (χ3v) is 3.48. The van der Waals surface area contributed by atoms with Gasteiger partial charge in [-0.1, -0.05) is 0 Å². The fraction of sp³-hybridized carbons (Fsp3) is 0.538. The van der Waals surface area contributed by atoms with Crippen molar-refractivity contribution in [1.82, 2.24) is 4.57 Å². The minimum Gasteiger partial charge on any atom is -0.385 e. The van der Waals surface area contributed by atoms with Crippen LogP contribution in [0.5, 0.6) is 0 Å². The van der Waals surface area contributed by atoms with Crippen LogP contribution in [-0.2, 0) is 7.05 Å². The van der Waals surface area contributed by atoms with E-state index in [1.807, 2.05) is 11.6 Å². The fourth-order valence-corrected chi connectivity index (χ4v) is 2.47. The average Bonchev–Trinajstić information content (AvgIpc) is 2.42. The zero-order valence-electron chi connectivity index (χ0n) is 11.0. The maximum absolute atomic E-state index is 9.39. The first-order valence-corrected chi connectivity index (χ1v) is 6.26. The Morgan fingerprint density at radius 1 is 1.33 bits per heavy atom. The number of hydrogen-bond donors (Lipinski definition) is 1. The van der Waals surface area contributed by atoms with Gasteiger partial charge in [0.25, 0.3) is 0 Å². The SMILES string of the molecule is CN=c1cc(N)n(C)c(N2CCCCC2)c1C#N. The number of pyridine rings is 1. The topological polar surface area (TPSA) is 70.3 Å². The van der Waals surface area contributed by atoms with Gasteiger partial charge in [-0.15, -0.1) is 0 Å². The predicted octanol–water partition coefficient (Wildman–Crippen LogP) is 1.000. The predicted molar refractivity (Wildman–Crippen MR) is 72.1 cm³/mol. The number of nitriles is 1. The number of nitrogen functional groups attached to an aromatic ring is 1. The molecule has 2 rings (SSSR count). The first kappa shape index (κ1) is 12.5. The molecule has 0 radical (unpaired) electrons. The Morgan fingerprint density at radius 3 is 2.56 bits per heavy atom. The number of anilines is 2. The molecule has 2 N–H and O–H groups in total. The highest BCUT2D eigenvalue weighted by molar-refractivity contribution is 5.58. The van der Waals surface area contributed by atoms with Gasteiger partial charge in [0, 0.05) is 33.3 Å². The third-order valence-electron chi connectivity index (χ3n) is 3.48. The van der Waals surface area contributed by atoms with E-state index in [-0.39, 0.29) is 0 Å². The molecular weight excluding hydrogens is 226 g/mol. The van der Waals surface area contributed by atoms with Gasteiger partial charge in [0.1, 0.15) is 23.3 Å². The Morgan fingerprint density at radius 2 is 2.00 bits per heavy atom. The van der Waals surface area contributed by atoms with Crippen molar-refractivity contribution in [3.8, 4) is 6.07 Å². The molecule has 1 fully saturated rings. The van der Waals surface area contributed by atoms with Crippen molar-refractivity contribution in [3.05, 3.63) is 17.0 Å². The Labute approximate surface area is 107 Å². The number of aromatic nitrogens is 1. The summed E-state index contributed by atoms with van der Waals surface area (Å²) < 4.78 is 1.89. The molecule has 0 unspecified atom stereocenters. The largest absolute Gasteiger partial charge is 0.385 e. The van der Waals surface area contributed by atoms with E-state index in [2.05, 4.69) is 16.0 Å². The van der Waals surface area contributed by atoms with Crippen molar-refractivity contribution in [1.29, 1.82) is 5.26 Å². The van der Waals surface area contributed by atoms with Crippen molar-refractivity contribution in [2.75, 3.05) is 30.8 Å². The van der Waals surface area contributed by atoms with Crippen LogP contribution in [0.1, 0.15) is 24.8 Å². The number of hydrogen-bond acceptors (Lipinski definition) is 4. The van der Waals surface area contributed by atoms with E-state index in [4.69, 9.17) is 5.73 Å². The molecule has 2 heterocycles. The van der Waals surface area contributed by atoms with Crippen LogP contribution < -0.4 is 16.0 Å². The number of nitrogens with zero attached hydrogens (tertiary/aromatic N) is 4. The summed E-state index contributed by atoms with van der Waals surface area (Å²) >= 11 is 0. The summed E-state index contributed by atoms with van der Waals surface area (Å²) in [4.78, 5) is 6.40. The summed E-state index contributed by atoms with van der Waals surface area (Å²) in [5.41, 5.74) is 6.62. The van der Waals surface area contributed by atoms with Crippen molar-refractivity contribution in [2.24, 2.45) is 12.0 Å². The van der Waals surface area contributed by atoms with Crippen LogP contribution in [0.15, 0.2) is 11.1 Å². The summed E-state index contributed by atoms with van der Waals surface area (Å²) in [7, 11) is 3.59. The van der Waals surface area contributed by atoms with Crippen LogP contribution in [0.2, 0.25) is 0 Å². The molecule has 96 valence electrons. The molecule has 0 aliphatic carbocycles. The minimum absolute atomic E-state index is 0.621. The fourth-order valence-electron chi connectivity index (χ4n) is 2.47. The Kier molecular flexibility index (Phi) is 3.56. The molecule has 5 heteroatoms. The van der Waals surface area contributed by atoms with Gasteiger partial charge in [-0.05, 0) is 19.3 Å². The molecule has 0 bridgehead atoms. The van der Waals surface area contributed by atoms with E-state index >= 15 is 0 Å². The monoisotopic (exact) mass is 245 g/mol. The molecule has 1 aliphatic rings. The maximum Gasteiger partial charge on any atom is 0.130 e. The first-order chi connectivity index (χ1) is 8.69. The smallest absolute Gasteiger partial charge is 0.130 e. The summed E-state index contributed by atoms with van der Waals surface area (Å²) in [5.74, 6) is 1.54. The standard InChI is InChI=1S/C13H19N5/c1-16-11-8-12(15)17(2)13(10(11)9-14)18-6-4-3-5-7-18/h8H,3-7,15H2,1-2H3. The maximum atomic E-state index is 9.39. The van der Waals surface area contributed by atoms with Gasteiger partial charge in [0.05, 0.1) is 5.36 Å². The van der Waals surface area contributed by atoms with Crippen LogP contribution >= 0.6 is 0 Å². The second kappa shape index (κ2) is 5.13. The van der Waals surface area contributed by atoms with Gasteiger partial charge < -0.3 is 15.2 Å². The van der Waals surface area contributed by atoms with E-state index in [0.29, 0.717) is 16.7 Å². The molecule has 1 saturated heterocycles. The Hall–Kier alpha value is -1.96. The van der Waals surface area contributed by atoms with Gasteiger partial charge in [0.2, 0.25) is 0 Å². The summed E-state index contributed by atoms with van der Waals surface area (Å²) in [6.07, 6.45) is 3.59. The second-order valence-electron chi connectivity index (χ2n) is 4.60. The Bertz CT molecular complexity index is 544. The van der Waals surface area contributed by atoms with E-state index in [9.17, 15) is 5.26 Å². The lowest BCUT2D eigenvalue weighted by molar-refractivity contribution is 0.565. The summed E-state index contributed by atoms with van der Waals surface area (Å²) in [6, 6.07) is 4.02. The molecule has 0 aromatic carbocycles. The van der Waals surface area contributed by atoms with Crippen LogP contribution in [0.3, 0.4) is 0 Å². The van der Waals surface area contributed by atoms with Gasteiger partial charge in [-0.3, -0.25) is 4.99 Å². The van der Waals surface area contributed by atoms with Crippen molar-refractivity contribution in [3.63, 3.8) is 0 Å². The van der Waals surface area contributed by atoms with Gasteiger partial charge in [-0.25, -0.2) is 0 Å². The zero-order chi connectivity index (χ0) is 13.1. The molecule has 5 nitrogen and oxygen atoms in total. The molecule has 1 aromatic heterocycles. The molecule has 0 spiro atoms. The van der Waals surface area contributed by atoms with Crippen LogP contribution in [-0.4, -0.2) is 24.7 Å². The molecule has 1 aliphatic heterocycles. The average molecular weight is 245 g/mol. The second-order valence-corrected chi connectivity index (χ2v) is 4.60. The van der Waals surface area contributed by atoms with Crippen molar-refractivity contribution in [2.45, 2.75) is 19.3 Å². The van der Waals surface area contributed by atoms with E-state index in [1.165, 1.54) is 6.42 Å². The first-order valence-electron chi connectivity index (χ1n) is 6.26. The number of piperidine rings is 1. The lowest BCUT2D eigenvalue weighted by Gasteiger charge is -2.31. The zero-order valence-corrected chi connectivity index (χ0v) is 11.0. The molecule has 0 atom stereocenters. The highest BCUT2D eigenvalue weighted by atomic mass is 15.2. The van der Waals surface area contributed by atoms with E-state index < -0.39 is 0 Å². The molecule has 0 amide bonds. The molecule has 0 saturated carbocycles. The summed E-state index contributed by atoms with van der Waals surface area (Å²) in [6.45, 7) is 1.96. The van der Waals surface area contributed by atoms with Crippen LogP contribution in [0.4, 0.5) is 11.6 Å². The highest BCUT2D eigenvalue weighted by Gasteiger charge is 2.19. The molecule has 1 aromatic rings. The lowest BCUT2D eigenvalue weighted by Crippen LogP contribution is -2.34. The molecule has 18 heavy (non-hydrogen) atoms. The van der Waals surface area contributed by atoms with Crippen molar-refractivity contribution < 1.29 is 0 Å². The van der Waals surface area contributed by atoms with Gasteiger partial charge in [-0.2, -0.15) is 5.26 Å². The summed E-state index contributed by atoms with van der Waals surface area (Å²) in [5, 5.41) is 10.1. The van der Waals surface area contributed by atoms with E-state index in [0.717, 1.165) is 31.7 Å². The minimum atomic E-state index is 0.621. The van der Waals surface area contributed by atoms with E-state index in [1.54, 1.807) is 13.1 Å². The van der Waals surface area contributed by atoms with Gasteiger partial charge in [0.15, 0.2) is 0 Å². The highest BCUT2D eigenvalue weighted by Crippen LogP contribution is 2.23. The number of rotatable bonds is 1. The number of nitrogens with two attached hydrogens (primary N) is 1. The third kappa shape index (κ3) is 2.06.